The number of ether oxygens (including phenoxy) is 1. The topological polar surface area (TPSA) is 52.1 Å². The molecule has 0 radical (unpaired) electrons. The second kappa shape index (κ2) is 8.29. The van der Waals surface area contributed by atoms with Crippen molar-refractivity contribution in [3.63, 3.8) is 0 Å². The molecule has 134 valence electrons. The van der Waals surface area contributed by atoms with Gasteiger partial charge in [0.25, 0.3) is 0 Å². The lowest BCUT2D eigenvalue weighted by atomic mass is 9.97. The number of nitrogens with zero attached hydrogens (tertiary/aromatic N) is 2. The molecule has 0 unspecified atom stereocenters. The summed E-state index contributed by atoms with van der Waals surface area (Å²) in [5, 5.41) is 0.363. The molecular formula is C17H16ClF3N2O2. The van der Waals surface area contributed by atoms with Crippen molar-refractivity contribution in [3.8, 4) is 5.75 Å². The first kappa shape index (κ1) is 19.2. The van der Waals surface area contributed by atoms with E-state index in [0.29, 0.717) is 10.8 Å². The summed E-state index contributed by atoms with van der Waals surface area (Å²) in [7, 11) is 0. The van der Waals surface area contributed by atoms with Crippen LogP contribution in [0.15, 0.2) is 36.7 Å². The molecular weight excluding hydrogens is 357 g/mol. The average molecular weight is 373 g/mol. The molecule has 0 aliphatic rings. The van der Waals surface area contributed by atoms with Crippen LogP contribution in [0.4, 0.5) is 13.2 Å². The third kappa shape index (κ3) is 6.70. The van der Waals surface area contributed by atoms with Crippen LogP contribution in [-0.4, -0.2) is 28.5 Å². The summed E-state index contributed by atoms with van der Waals surface area (Å²) < 4.78 is 40.9. The Morgan fingerprint density at radius 1 is 1.20 bits per heavy atom. The number of halogens is 4. The van der Waals surface area contributed by atoms with Crippen LogP contribution in [0.25, 0.3) is 0 Å². The summed E-state index contributed by atoms with van der Waals surface area (Å²) in [5.41, 5.74) is 1.38. The van der Waals surface area contributed by atoms with Gasteiger partial charge in [0.05, 0.1) is 6.20 Å². The van der Waals surface area contributed by atoms with Gasteiger partial charge < -0.3 is 4.74 Å². The molecule has 2 aromatic heterocycles. The third-order valence-corrected chi connectivity index (χ3v) is 3.61. The minimum absolute atomic E-state index is 0.0100. The highest BCUT2D eigenvalue weighted by atomic mass is 35.5. The Kier molecular flexibility index (Phi) is 6.36. The molecule has 0 N–H and O–H groups in total. The molecule has 0 aliphatic heterocycles. The summed E-state index contributed by atoms with van der Waals surface area (Å²) in [5.74, 6) is -0.118. The lowest BCUT2D eigenvalue weighted by Gasteiger charge is -2.12. The van der Waals surface area contributed by atoms with E-state index in [-0.39, 0.29) is 30.3 Å². The number of aromatic nitrogens is 2. The van der Waals surface area contributed by atoms with E-state index in [4.69, 9.17) is 11.6 Å². The van der Waals surface area contributed by atoms with Crippen molar-refractivity contribution in [1.29, 1.82) is 0 Å². The first-order chi connectivity index (χ1) is 11.7. The lowest BCUT2D eigenvalue weighted by molar-refractivity contribution is -0.153. The van der Waals surface area contributed by atoms with E-state index < -0.39 is 12.8 Å². The highest BCUT2D eigenvalue weighted by Crippen LogP contribution is 2.22. The van der Waals surface area contributed by atoms with Gasteiger partial charge >= 0.3 is 6.18 Å². The maximum Gasteiger partial charge on any atom is 0.422 e. The molecule has 25 heavy (non-hydrogen) atoms. The minimum Gasteiger partial charge on any atom is -0.483 e. The maximum absolute atomic E-state index is 12.1. The molecule has 1 atom stereocenters. The quantitative estimate of drug-likeness (QED) is 0.677. The zero-order chi connectivity index (χ0) is 18.4. The van der Waals surface area contributed by atoms with E-state index in [0.717, 1.165) is 5.56 Å². The number of rotatable bonds is 7. The molecule has 0 amide bonds. The van der Waals surface area contributed by atoms with Gasteiger partial charge in [-0.05, 0) is 23.8 Å². The third-order valence-electron chi connectivity index (χ3n) is 3.39. The van der Waals surface area contributed by atoms with Crippen LogP contribution >= 0.6 is 11.6 Å². The van der Waals surface area contributed by atoms with E-state index in [9.17, 15) is 18.0 Å². The SMILES string of the molecule is C[C@@H](CC(=O)Cc1ccc(Cl)nc1)c1ccc(OCC(F)(F)F)cn1. The summed E-state index contributed by atoms with van der Waals surface area (Å²) in [6.07, 6.45) is -1.12. The molecule has 0 saturated carbocycles. The number of pyridine rings is 2. The Bertz CT molecular complexity index is 703. The number of carbonyl (C=O) groups is 1. The fourth-order valence-corrected chi connectivity index (χ4v) is 2.30. The van der Waals surface area contributed by atoms with Crippen LogP contribution in [0.1, 0.15) is 30.5 Å². The normalized spacial score (nSPS) is 12.7. The van der Waals surface area contributed by atoms with Crippen molar-refractivity contribution in [1.82, 2.24) is 9.97 Å². The Balaban J connectivity index is 1.88. The second-order valence-electron chi connectivity index (χ2n) is 5.63. The van der Waals surface area contributed by atoms with Crippen LogP contribution in [0.2, 0.25) is 5.15 Å². The van der Waals surface area contributed by atoms with Crippen molar-refractivity contribution in [2.45, 2.75) is 31.9 Å². The van der Waals surface area contributed by atoms with Gasteiger partial charge in [-0.15, -0.1) is 0 Å². The molecule has 0 saturated heterocycles. The lowest BCUT2D eigenvalue weighted by Crippen LogP contribution is -2.19. The van der Waals surface area contributed by atoms with E-state index >= 15 is 0 Å². The largest absolute Gasteiger partial charge is 0.483 e. The number of carbonyl (C=O) groups excluding carboxylic acids is 1. The zero-order valence-corrected chi connectivity index (χ0v) is 14.1. The Labute approximate surface area is 148 Å². The van der Waals surface area contributed by atoms with Gasteiger partial charge in [0.1, 0.15) is 16.7 Å². The van der Waals surface area contributed by atoms with Crippen molar-refractivity contribution >= 4 is 17.4 Å². The van der Waals surface area contributed by atoms with Crippen LogP contribution in [-0.2, 0) is 11.2 Å². The summed E-state index contributed by atoms with van der Waals surface area (Å²) in [4.78, 5) is 20.1. The highest BCUT2D eigenvalue weighted by Gasteiger charge is 2.28. The van der Waals surface area contributed by atoms with Gasteiger partial charge in [-0.2, -0.15) is 13.2 Å². The molecule has 4 nitrogen and oxygen atoms in total. The second-order valence-corrected chi connectivity index (χ2v) is 6.02. The van der Waals surface area contributed by atoms with Crippen LogP contribution in [0.3, 0.4) is 0 Å². The molecule has 2 aromatic rings. The average Bonchev–Trinajstić information content (AvgIpc) is 2.55. The van der Waals surface area contributed by atoms with Gasteiger partial charge in [-0.25, -0.2) is 4.98 Å². The first-order valence-electron chi connectivity index (χ1n) is 7.50. The van der Waals surface area contributed by atoms with E-state index in [1.54, 1.807) is 24.4 Å². The van der Waals surface area contributed by atoms with E-state index in [2.05, 4.69) is 14.7 Å². The molecule has 0 spiro atoms. The van der Waals surface area contributed by atoms with Crippen LogP contribution in [0, 0.1) is 0 Å². The first-order valence-corrected chi connectivity index (χ1v) is 7.88. The van der Waals surface area contributed by atoms with Gasteiger partial charge in [-0.1, -0.05) is 24.6 Å². The van der Waals surface area contributed by atoms with Gasteiger partial charge in [0.2, 0.25) is 0 Å². The smallest absolute Gasteiger partial charge is 0.422 e. The number of ketones is 1. The Morgan fingerprint density at radius 3 is 2.52 bits per heavy atom. The van der Waals surface area contributed by atoms with Crippen molar-refractivity contribution in [2.75, 3.05) is 6.61 Å². The van der Waals surface area contributed by atoms with Crippen molar-refractivity contribution < 1.29 is 22.7 Å². The molecule has 8 heteroatoms. The zero-order valence-electron chi connectivity index (χ0n) is 13.4. The summed E-state index contributed by atoms with van der Waals surface area (Å²) >= 11 is 5.70. The predicted molar refractivity (Wildman–Crippen MR) is 86.8 cm³/mol. The van der Waals surface area contributed by atoms with Gasteiger partial charge in [0, 0.05) is 30.7 Å². The number of hydrogen-bond donors (Lipinski definition) is 0. The fourth-order valence-electron chi connectivity index (χ4n) is 2.19. The van der Waals surface area contributed by atoms with Gasteiger partial charge in [-0.3, -0.25) is 9.78 Å². The molecule has 0 fully saturated rings. The van der Waals surface area contributed by atoms with Crippen LogP contribution < -0.4 is 4.74 Å². The predicted octanol–water partition coefficient (Wildman–Crippen LogP) is 4.38. The van der Waals surface area contributed by atoms with Crippen molar-refractivity contribution in [2.24, 2.45) is 0 Å². The summed E-state index contributed by atoms with van der Waals surface area (Å²) in [6.45, 7) is 0.466. The molecule has 0 aromatic carbocycles. The standard InChI is InChI=1S/C17H16ClF3N2O2/c1-11(6-13(24)7-12-2-5-16(18)23-8-12)15-4-3-14(9-22-15)25-10-17(19,20)21/h2-5,8-9,11H,6-7,10H2,1H3/t11-/m0/s1. The number of alkyl halides is 3. The van der Waals surface area contributed by atoms with Crippen LogP contribution in [0.5, 0.6) is 5.75 Å². The molecule has 0 bridgehead atoms. The Morgan fingerprint density at radius 2 is 1.96 bits per heavy atom. The molecule has 2 rings (SSSR count). The monoisotopic (exact) mass is 372 g/mol. The van der Waals surface area contributed by atoms with E-state index in [1.807, 2.05) is 6.92 Å². The van der Waals surface area contributed by atoms with E-state index in [1.165, 1.54) is 12.3 Å². The Hall–Kier alpha value is -2.15. The highest BCUT2D eigenvalue weighted by molar-refractivity contribution is 6.29. The van der Waals surface area contributed by atoms with Crippen molar-refractivity contribution in [3.05, 3.63) is 53.1 Å². The maximum atomic E-state index is 12.1. The minimum atomic E-state index is -4.39. The summed E-state index contributed by atoms with van der Waals surface area (Å²) in [6, 6.07) is 6.34. The fraction of sp³-hybridized carbons (Fsp3) is 0.353. The van der Waals surface area contributed by atoms with Gasteiger partial charge in [0.15, 0.2) is 6.61 Å². The molecule has 0 aliphatic carbocycles. The number of hydrogen-bond acceptors (Lipinski definition) is 4. The molecule has 2 heterocycles. The number of Topliss-reactive ketones (excluding diaryl/α,β-unsaturated/α-hetero) is 1.